The van der Waals surface area contributed by atoms with Gasteiger partial charge in [-0.3, -0.25) is 0 Å². The van der Waals surface area contributed by atoms with Gasteiger partial charge in [-0.1, -0.05) is 138 Å². The summed E-state index contributed by atoms with van der Waals surface area (Å²) in [4.78, 5) is 12.7. The maximum Gasteiger partial charge on any atom is 0.320 e. The van der Waals surface area contributed by atoms with E-state index in [0.717, 1.165) is 22.8 Å². The molecule has 2 aromatic carbocycles. The zero-order valence-corrected chi connectivity index (χ0v) is 20.6. The molecule has 0 saturated carbocycles. The maximum atomic E-state index is 12.7. The lowest BCUT2D eigenvalue weighted by Gasteiger charge is -2.32. The summed E-state index contributed by atoms with van der Waals surface area (Å²) in [6.07, 6.45) is 13.0. The highest BCUT2D eigenvalue weighted by Gasteiger charge is 2.42. The van der Waals surface area contributed by atoms with Crippen molar-refractivity contribution < 1.29 is 9.22 Å². The molecule has 31 heavy (non-hydrogen) atoms. The molecule has 3 heteroatoms. The molecule has 0 aliphatic heterocycles. The topological polar surface area (TPSA) is 26.3 Å². The van der Waals surface area contributed by atoms with Gasteiger partial charge in [0.2, 0.25) is 0 Å². The molecule has 0 bridgehead atoms. The van der Waals surface area contributed by atoms with E-state index in [2.05, 4.69) is 37.8 Å². The van der Waals surface area contributed by atoms with Crippen LogP contribution in [0.15, 0.2) is 72.8 Å². The van der Waals surface area contributed by atoms with Gasteiger partial charge in [0.25, 0.3) is 0 Å². The summed E-state index contributed by atoms with van der Waals surface area (Å²) in [6.45, 7) is 7.83. The Morgan fingerprint density at radius 1 is 0.742 bits per heavy atom. The second-order valence-electron chi connectivity index (χ2n) is 8.66. The Bertz CT molecular complexity index is 731. The third-order valence-corrected chi connectivity index (χ3v) is 10.1. The van der Waals surface area contributed by atoms with Crippen LogP contribution in [-0.2, 0) is 9.22 Å². The van der Waals surface area contributed by atoms with Crippen molar-refractivity contribution in [3.05, 3.63) is 72.8 Å². The number of carbonyl (C=O) groups is 1. The first-order chi connectivity index (χ1) is 15.1. The molecule has 0 aliphatic carbocycles. The van der Waals surface area contributed by atoms with Gasteiger partial charge < -0.3 is 4.43 Å². The van der Waals surface area contributed by atoms with Gasteiger partial charge in [0.1, 0.15) is 0 Å². The van der Waals surface area contributed by atoms with Crippen LogP contribution in [0.2, 0.25) is 6.04 Å². The van der Waals surface area contributed by atoms with Gasteiger partial charge in [-0.2, -0.15) is 0 Å². The number of carbonyl (C=O) groups excluding carboxylic acids is 1. The average molecular weight is 437 g/mol. The predicted molar refractivity (Wildman–Crippen MR) is 135 cm³/mol. The lowest BCUT2D eigenvalue weighted by Crippen LogP contribution is -2.61. The number of hydrogen-bond acceptors (Lipinski definition) is 2. The van der Waals surface area contributed by atoms with Gasteiger partial charge in [-0.05, 0) is 23.3 Å². The summed E-state index contributed by atoms with van der Waals surface area (Å²) in [7, 11) is -2.67. The fourth-order valence-electron chi connectivity index (χ4n) is 4.15. The van der Waals surface area contributed by atoms with E-state index in [-0.39, 0.29) is 5.97 Å². The largest absolute Gasteiger partial charge is 0.507 e. The van der Waals surface area contributed by atoms with Crippen molar-refractivity contribution in [1.82, 2.24) is 0 Å². The van der Waals surface area contributed by atoms with E-state index in [1.807, 2.05) is 36.4 Å². The van der Waals surface area contributed by atoms with E-state index in [1.54, 1.807) is 6.92 Å². The Kier molecular flexibility index (Phi) is 11.4. The average Bonchev–Trinajstić information content (AvgIpc) is 2.80. The van der Waals surface area contributed by atoms with Crippen LogP contribution in [0.25, 0.3) is 0 Å². The van der Waals surface area contributed by atoms with Crippen LogP contribution in [0.3, 0.4) is 0 Å². The SMILES string of the molecule is C=C(C)C(=O)O[Si](CCCCCCCCCCCC)(c1ccccc1)c1ccccc1. The molecule has 2 nitrogen and oxygen atoms in total. The third-order valence-electron chi connectivity index (χ3n) is 5.98. The first kappa shape index (κ1) is 25.1. The van der Waals surface area contributed by atoms with Gasteiger partial charge in [0, 0.05) is 5.57 Å². The molecule has 2 aromatic rings. The first-order valence-electron chi connectivity index (χ1n) is 12.1. The Hall–Kier alpha value is -2.13. The Morgan fingerprint density at radius 2 is 1.16 bits per heavy atom. The molecule has 0 saturated heterocycles. The molecule has 0 N–H and O–H groups in total. The minimum absolute atomic E-state index is 0.272. The summed E-state index contributed by atoms with van der Waals surface area (Å²) in [5.74, 6) is -0.272. The molecule has 168 valence electrons. The van der Waals surface area contributed by atoms with Crippen LogP contribution in [-0.4, -0.2) is 14.3 Å². The van der Waals surface area contributed by atoms with Crippen molar-refractivity contribution in [3.63, 3.8) is 0 Å². The zero-order valence-electron chi connectivity index (χ0n) is 19.6. The van der Waals surface area contributed by atoms with Gasteiger partial charge in [-0.15, -0.1) is 0 Å². The summed E-state index contributed by atoms with van der Waals surface area (Å²) >= 11 is 0. The second kappa shape index (κ2) is 14.0. The first-order valence-corrected chi connectivity index (χ1v) is 14.2. The van der Waals surface area contributed by atoms with E-state index in [4.69, 9.17) is 4.43 Å². The Balaban J connectivity index is 2.06. The molecular weight excluding hydrogens is 396 g/mol. The number of unbranched alkanes of at least 4 members (excludes halogenated alkanes) is 9. The standard InChI is InChI=1S/C28H40O2Si/c1-4-5-6-7-8-9-10-11-12-19-24-31(30-28(29)25(2)3,26-20-15-13-16-21-26)27-22-17-14-18-23-27/h13-18,20-23H,2,4-12,19,24H2,1,3H3. The highest BCUT2D eigenvalue weighted by atomic mass is 28.4. The minimum atomic E-state index is -2.67. The highest BCUT2D eigenvalue weighted by Crippen LogP contribution is 2.20. The zero-order chi connectivity index (χ0) is 22.4. The molecular formula is C28H40O2Si. The highest BCUT2D eigenvalue weighted by molar-refractivity contribution is 6.98. The molecule has 0 amide bonds. The molecule has 0 unspecified atom stereocenters. The van der Waals surface area contributed by atoms with E-state index >= 15 is 0 Å². The molecule has 2 rings (SSSR count). The second-order valence-corrected chi connectivity index (χ2v) is 12.2. The van der Waals surface area contributed by atoms with Crippen molar-refractivity contribution in [2.75, 3.05) is 0 Å². The van der Waals surface area contributed by atoms with Crippen molar-refractivity contribution in [2.45, 2.75) is 84.1 Å². The van der Waals surface area contributed by atoms with Crippen LogP contribution in [0.1, 0.15) is 78.1 Å². The molecule has 0 spiro atoms. The maximum absolute atomic E-state index is 12.7. The molecule has 0 fully saturated rings. The normalized spacial score (nSPS) is 11.3. The van der Waals surface area contributed by atoms with Crippen LogP contribution < -0.4 is 10.4 Å². The molecule has 0 aromatic heterocycles. The van der Waals surface area contributed by atoms with Gasteiger partial charge in [0.05, 0.1) is 0 Å². The monoisotopic (exact) mass is 436 g/mol. The summed E-state index contributed by atoms with van der Waals surface area (Å²) in [5.41, 5.74) is 0.465. The lowest BCUT2D eigenvalue weighted by atomic mass is 10.1. The molecule has 0 atom stereocenters. The van der Waals surface area contributed by atoms with Gasteiger partial charge in [-0.25, -0.2) is 4.79 Å². The number of hydrogen-bond donors (Lipinski definition) is 0. The quantitative estimate of drug-likeness (QED) is 0.175. The van der Waals surface area contributed by atoms with E-state index in [9.17, 15) is 4.79 Å². The third kappa shape index (κ3) is 8.14. The fraction of sp³-hybridized carbons (Fsp3) is 0.464. The van der Waals surface area contributed by atoms with Crippen molar-refractivity contribution in [3.8, 4) is 0 Å². The summed E-state index contributed by atoms with van der Waals surface area (Å²) < 4.78 is 6.35. The Morgan fingerprint density at radius 3 is 1.58 bits per heavy atom. The van der Waals surface area contributed by atoms with Gasteiger partial charge in [0.15, 0.2) is 0 Å². The van der Waals surface area contributed by atoms with Crippen molar-refractivity contribution >= 4 is 24.7 Å². The van der Waals surface area contributed by atoms with Crippen molar-refractivity contribution in [1.29, 1.82) is 0 Å². The van der Waals surface area contributed by atoms with Crippen LogP contribution in [0.5, 0.6) is 0 Å². The molecule has 0 heterocycles. The van der Waals surface area contributed by atoms with E-state index in [1.165, 1.54) is 57.8 Å². The fourth-order valence-corrected chi connectivity index (χ4v) is 8.09. The molecule has 0 aliphatic rings. The molecule has 0 radical (unpaired) electrons. The smallest absolute Gasteiger partial charge is 0.320 e. The predicted octanol–water partition coefficient (Wildman–Crippen LogP) is 6.79. The van der Waals surface area contributed by atoms with E-state index < -0.39 is 8.32 Å². The van der Waals surface area contributed by atoms with Gasteiger partial charge >= 0.3 is 14.3 Å². The number of benzene rings is 2. The summed E-state index contributed by atoms with van der Waals surface area (Å²) in [6, 6.07) is 21.7. The van der Waals surface area contributed by atoms with Crippen molar-refractivity contribution in [2.24, 2.45) is 0 Å². The number of rotatable bonds is 15. The summed E-state index contributed by atoms with van der Waals surface area (Å²) in [5, 5.41) is 2.32. The Labute approximate surface area is 190 Å². The van der Waals surface area contributed by atoms with Crippen LogP contribution in [0, 0.1) is 0 Å². The van der Waals surface area contributed by atoms with Crippen LogP contribution in [0.4, 0.5) is 0 Å². The minimum Gasteiger partial charge on any atom is -0.507 e. The lowest BCUT2D eigenvalue weighted by molar-refractivity contribution is -0.130. The van der Waals surface area contributed by atoms with E-state index in [0.29, 0.717) is 5.57 Å². The van der Waals surface area contributed by atoms with Crippen LogP contribution >= 0.6 is 0 Å².